The van der Waals surface area contributed by atoms with Crippen LogP contribution in [-0.2, 0) is 24.1 Å². The molecule has 1 aromatic carbocycles. The molecule has 1 N–H and O–H groups in total. The molecule has 0 aliphatic carbocycles. The summed E-state index contributed by atoms with van der Waals surface area (Å²) < 4.78 is 31.2. The van der Waals surface area contributed by atoms with E-state index in [9.17, 15) is 13.2 Å². The molecule has 2 fully saturated rings. The maximum absolute atomic E-state index is 12.5. The molecule has 0 radical (unpaired) electrons. The van der Waals surface area contributed by atoms with Gasteiger partial charge in [0.1, 0.15) is 0 Å². The van der Waals surface area contributed by atoms with E-state index in [-0.39, 0.29) is 23.7 Å². The van der Waals surface area contributed by atoms with Gasteiger partial charge in [0.25, 0.3) is 0 Å². The van der Waals surface area contributed by atoms with Crippen LogP contribution in [-0.4, -0.2) is 101 Å². The molecule has 1 aromatic rings. The van der Waals surface area contributed by atoms with Crippen molar-refractivity contribution in [3.05, 3.63) is 35.4 Å². The summed E-state index contributed by atoms with van der Waals surface area (Å²) in [5.74, 6) is 0.0395. The van der Waals surface area contributed by atoms with E-state index in [1.54, 1.807) is 0 Å². The Bertz CT molecular complexity index is 990. The predicted octanol–water partition coefficient (Wildman–Crippen LogP) is 1.83. The maximum atomic E-state index is 12.5. The van der Waals surface area contributed by atoms with Crippen molar-refractivity contribution < 1.29 is 17.9 Å². The molecule has 10 heteroatoms. The summed E-state index contributed by atoms with van der Waals surface area (Å²) in [5.41, 5.74) is 1.55. The second-order valence-corrected chi connectivity index (χ2v) is 22.9. The second kappa shape index (κ2) is 12.2. The van der Waals surface area contributed by atoms with Crippen molar-refractivity contribution in [3.8, 4) is 6.07 Å². The minimum absolute atomic E-state index is 0.0395. The van der Waals surface area contributed by atoms with Crippen molar-refractivity contribution in [1.82, 2.24) is 15.1 Å². The number of carbonyl (C=O) groups is 1. The zero-order chi connectivity index (χ0) is 25.6. The molecule has 3 atom stereocenters. The van der Waals surface area contributed by atoms with Crippen LogP contribution in [0.4, 0.5) is 0 Å². The van der Waals surface area contributed by atoms with Crippen molar-refractivity contribution >= 4 is 27.5 Å². The molecule has 35 heavy (non-hydrogen) atoms. The average Bonchev–Trinajstić information content (AvgIpc) is 2.73. The van der Waals surface area contributed by atoms with Gasteiger partial charge >= 0.3 is 215 Å². The van der Waals surface area contributed by atoms with Gasteiger partial charge in [-0.1, -0.05) is 0 Å². The Kier molecular flexibility index (Phi) is 9.81. The van der Waals surface area contributed by atoms with Crippen molar-refractivity contribution in [1.29, 1.82) is 5.26 Å². The number of nitrogens with zero attached hydrogens (tertiary/aromatic N) is 3. The number of aryl methyl sites for hydroxylation is 1. The SMILES string of the molecule is CC(C)(C)NC(=O)CN1CC2CN(CC[As](CCCc3ccc(C#N)cc3)S(C)(=O)=O)CC(C1)O2. The van der Waals surface area contributed by atoms with E-state index < -0.39 is 21.6 Å². The van der Waals surface area contributed by atoms with Crippen molar-refractivity contribution in [2.45, 2.75) is 61.8 Å². The number of fused-ring (bicyclic) bond motifs is 2. The van der Waals surface area contributed by atoms with Crippen LogP contribution in [0.1, 0.15) is 38.3 Å². The monoisotopic (exact) mass is 566 g/mol. The van der Waals surface area contributed by atoms with Gasteiger partial charge in [0.2, 0.25) is 0 Å². The Labute approximate surface area is 214 Å². The Balaban J connectivity index is 1.45. The van der Waals surface area contributed by atoms with Gasteiger partial charge in [-0.2, -0.15) is 0 Å². The van der Waals surface area contributed by atoms with Crippen LogP contribution in [0, 0.1) is 11.3 Å². The van der Waals surface area contributed by atoms with Crippen LogP contribution < -0.4 is 5.32 Å². The fraction of sp³-hybridized carbons (Fsp3) is 0.680. The molecular formula is C25H39AsN4O4S. The van der Waals surface area contributed by atoms with Crippen LogP contribution in [0.2, 0.25) is 10.4 Å². The van der Waals surface area contributed by atoms with E-state index in [0.29, 0.717) is 12.1 Å². The summed E-state index contributed by atoms with van der Waals surface area (Å²) in [6.45, 7) is 10.1. The zero-order valence-electron chi connectivity index (χ0n) is 21.4. The third-order valence-electron chi connectivity index (χ3n) is 6.20. The third-order valence-corrected chi connectivity index (χ3v) is 18.1. The van der Waals surface area contributed by atoms with Crippen LogP contribution in [0.25, 0.3) is 0 Å². The van der Waals surface area contributed by atoms with Crippen molar-refractivity contribution in [3.63, 3.8) is 0 Å². The zero-order valence-corrected chi connectivity index (χ0v) is 24.1. The van der Waals surface area contributed by atoms with E-state index >= 15 is 0 Å². The molecule has 0 aromatic heterocycles. The molecule has 3 rings (SSSR count). The van der Waals surface area contributed by atoms with E-state index in [0.717, 1.165) is 61.5 Å². The van der Waals surface area contributed by atoms with Gasteiger partial charge in [0.15, 0.2) is 0 Å². The number of morpholine rings is 2. The fourth-order valence-corrected chi connectivity index (χ4v) is 13.3. The third kappa shape index (κ3) is 9.51. The summed E-state index contributed by atoms with van der Waals surface area (Å²) in [7, 11) is -2.99. The van der Waals surface area contributed by atoms with E-state index in [1.165, 1.54) is 6.26 Å². The number of nitrogens with one attached hydrogen (secondary N) is 1. The number of hydrogen-bond donors (Lipinski definition) is 1. The Morgan fingerprint density at radius 1 is 1.11 bits per heavy atom. The first-order valence-electron chi connectivity index (χ1n) is 12.3. The Morgan fingerprint density at radius 2 is 1.71 bits per heavy atom. The molecule has 0 spiro atoms. The van der Waals surface area contributed by atoms with E-state index in [1.807, 2.05) is 45.0 Å². The summed E-state index contributed by atoms with van der Waals surface area (Å²) >= 11 is -2.04. The van der Waals surface area contributed by atoms with Gasteiger partial charge in [-0.15, -0.1) is 0 Å². The van der Waals surface area contributed by atoms with Crippen LogP contribution in [0.3, 0.4) is 0 Å². The normalized spacial score (nSPS) is 22.4. The summed E-state index contributed by atoms with van der Waals surface area (Å²) in [4.78, 5) is 16.9. The molecule has 0 saturated carbocycles. The van der Waals surface area contributed by atoms with Gasteiger partial charge in [0, 0.05) is 0 Å². The van der Waals surface area contributed by atoms with Crippen LogP contribution in [0.15, 0.2) is 24.3 Å². The van der Waals surface area contributed by atoms with Gasteiger partial charge < -0.3 is 0 Å². The molecule has 8 nitrogen and oxygen atoms in total. The molecule has 194 valence electrons. The Hall–Kier alpha value is -1.43. The second-order valence-electron chi connectivity index (χ2n) is 10.7. The van der Waals surface area contributed by atoms with Gasteiger partial charge in [-0.05, 0) is 0 Å². The first-order valence-corrected chi connectivity index (χ1v) is 19.1. The number of hydrogen-bond acceptors (Lipinski definition) is 7. The van der Waals surface area contributed by atoms with Crippen molar-refractivity contribution in [2.24, 2.45) is 0 Å². The first-order chi connectivity index (χ1) is 16.4. The number of amides is 1. The first kappa shape index (κ1) is 28.1. The number of ether oxygens (including phenoxy) is 1. The van der Waals surface area contributed by atoms with Gasteiger partial charge in [0.05, 0.1) is 0 Å². The molecule has 2 aliphatic rings. The number of nitriles is 1. The molecular weight excluding hydrogens is 527 g/mol. The van der Waals surface area contributed by atoms with Gasteiger partial charge in [-0.3, -0.25) is 0 Å². The van der Waals surface area contributed by atoms with E-state index in [2.05, 4.69) is 21.2 Å². The van der Waals surface area contributed by atoms with Crippen LogP contribution in [0.5, 0.6) is 0 Å². The minimum atomic E-state index is -2.99. The van der Waals surface area contributed by atoms with Crippen LogP contribution >= 0.6 is 0 Å². The molecule has 3 unspecified atom stereocenters. The topological polar surface area (TPSA) is 103 Å². The Morgan fingerprint density at radius 3 is 2.26 bits per heavy atom. The summed E-state index contributed by atoms with van der Waals surface area (Å²) in [6, 6.07) is 9.67. The van der Waals surface area contributed by atoms with Crippen molar-refractivity contribution in [2.75, 3.05) is 45.5 Å². The molecule has 2 aliphatic heterocycles. The number of rotatable bonds is 10. The number of benzene rings is 1. The summed E-state index contributed by atoms with van der Waals surface area (Å²) in [6.07, 6.45) is 3.22. The number of carbonyl (C=O) groups excluding carboxylic acids is 1. The fourth-order valence-electron chi connectivity index (χ4n) is 4.74. The quantitative estimate of drug-likeness (QED) is 0.431. The predicted molar refractivity (Wildman–Crippen MR) is 139 cm³/mol. The van der Waals surface area contributed by atoms with E-state index in [4.69, 9.17) is 10.00 Å². The molecule has 2 bridgehead atoms. The molecule has 2 heterocycles. The average molecular weight is 567 g/mol. The molecule has 2 saturated heterocycles. The molecule has 1 amide bonds. The van der Waals surface area contributed by atoms with Gasteiger partial charge in [-0.25, -0.2) is 0 Å². The summed E-state index contributed by atoms with van der Waals surface area (Å²) in [5, 5.41) is 13.5. The standard InChI is InChI=1S/C25H39AsN4O4S/c1-25(2,3)28-24(31)19-30-17-22-15-29(16-23(18-30)34-22)13-12-26(35(4,32)33)11-5-6-20-7-9-21(14-27)10-8-20/h7-10,22-23H,5-6,11-13,15-19H2,1-4H3,(H,28,31).